The lowest BCUT2D eigenvalue weighted by Crippen LogP contribution is -2.50. The van der Waals surface area contributed by atoms with Crippen LogP contribution in [0.4, 0.5) is 4.79 Å². The van der Waals surface area contributed by atoms with Gasteiger partial charge in [-0.25, -0.2) is 4.79 Å². The summed E-state index contributed by atoms with van der Waals surface area (Å²) in [6.45, 7) is 11.1. The minimum atomic E-state index is -0.475. The molecule has 0 aliphatic carbocycles. The monoisotopic (exact) mass is 242 g/mol. The third kappa shape index (κ3) is 3.91. The number of carbonyl (C=O) groups excluding carboxylic acids is 1. The predicted molar refractivity (Wildman–Crippen MR) is 66.3 cm³/mol. The van der Waals surface area contributed by atoms with Crippen LogP contribution in [0.25, 0.3) is 0 Å². The standard InChI is InChI=1S/C12H22N2O3/c1-6-16-10-9(2)14(8-7-13-10)11(15)17-12(3,4)5/h9H,6-8H2,1-5H3. The Morgan fingerprint density at radius 1 is 1.53 bits per heavy atom. The van der Waals surface area contributed by atoms with Crippen LogP contribution in [0.3, 0.4) is 0 Å². The van der Waals surface area contributed by atoms with E-state index in [4.69, 9.17) is 9.47 Å². The Labute approximate surface area is 103 Å². The number of nitrogens with zero attached hydrogens (tertiary/aromatic N) is 2. The highest BCUT2D eigenvalue weighted by Gasteiger charge is 2.31. The second kappa shape index (κ2) is 5.38. The summed E-state index contributed by atoms with van der Waals surface area (Å²) in [4.78, 5) is 17.9. The second-order valence-electron chi connectivity index (χ2n) is 5.00. The van der Waals surface area contributed by atoms with Crippen molar-refractivity contribution in [1.29, 1.82) is 0 Å². The quantitative estimate of drug-likeness (QED) is 0.707. The summed E-state index contributed by atoms with van der Waals surface area (Å²) in [5.74, 6) is 0.615. The Kier molecular flexibility index (Phi) is 4.37. The highest BCUT2D eigenvalue weighted by molar-refractivity contribution is 5.86. The number of carbonyl (C=O) groups is 1. The molecule has 0 N–H and O–H groups in total. The van der Waals surface area contributed by atoms with Gasteiger partial charge in [-0.1, -0.05) is 0 Å². The van der Waals surface area contributed by atoms with Crippen molar-refractivity contribution in [2.24, 2.45) is 4.99 Å². The molecular weight excluding hydrogens is 220 g/mol. The van der Waals surface area contributed by atoms with Gasteiger partial charge in [-0.15, -0.1) is 0 Å². The molecule has 0 aromatic rings. The average molecular weight is 242 g/mol. The molecule has 0 aromatic heterocycles. The van der Waals surface area contributed by atoms with Crippen LogP contribution >= 0.6 is 0 Å². The highest BCUT2D eigenvalue weighted by atomic mass is 16.6. The summed E-state index contributed by atoms with van der Waals surface area (Å²) in [5.41, 5.74) is -0.475. The maximum absolute atomic E-state index is 12.0. The van der Waals surface area contributed by atoms with Crippen molar-refractivity contribution in [1.82, 2.24) is 4.90 Å². The fraction of sp³-hybridized carbons (Fsp3) is 0.833. The van der Waals surface area contributed by atoms with Gasteiger partial charge in [0.2, 0.25) is 5.90 Å². The van der Waals surface area contributed by atoms with Gasteiger partial charge in [0.1, 0.15) is 11.6 Å². The van der Waals surface area contributed by atoms with Crippen LogP contribution in [0.1, 0.15) is 34.6 Å². The maximum atomic E-state index is 12.0. The zero-order chi connectivity index (χ0) is 13.1. The minimum absolute atomic E-state index is 0.154. The Balaban J connectivity index is 2.67. The van der Waals surface area contributed by atoms with Crippen molar-refractivity contribution < 1.29 is 14.3 Å². The van der Waals surface area contributed by atoms with Gasteiger partial charge in [0.25, 0.3) is 0 Å². The molecular formula is C12H22N2O3. The molecule has 0 bridgehead atoms. The van der Waals surface area contributed by atoms with Crippen molar-refractivity contribution in [3.05, 3.63) is 0 Å². The Hall–Kier alpha value is -1.26. The SMILES string of the molecule is CCOC1=NCCN(C(=O)OC(C)(C)C)C1C. The van der Waals surface area contributed by atoms with Gasteiger partial charge in [-0.3, -0.25) is 9.89 Å². The van der Waals surface area contributed by atoms with Crippen LogP contribution in [-0.2, 0) is 9.47 Å². The van der Waals surface area contributed by atoms with Crippen molar-refractivity contribution in [2.75, 3.05) is 19.7 Å². The van der Waals surface area contributed by atoms with E-state index in [0.717, 1.165) is 0 Å². The third-order valence-corrected chi connectivity index (χ3v) is 2.35. The van der Waals surface area contributed by atoms with Crippen molar-refractivity contribution in [2.45, 2.75) is 46.3 Å². The Bertz CT molecular complexity index is 307. The summed E-state index contributed by atoms with van der Waals surface area (Å²) in [5, 5.41) is 0. The number of amides is 1. The smallest absolute Gasteiger partial charge is 0.411 e. The van der Waals surface area contributed by atoms with E-state index in [0.29, 0.717) is 25.6 Å². The molecule has 17 heavy (non-hydrogen) atoms. The normalized spacial score (nSPS) is 20.9. The van der Waals surface area contributed by atoms with Crippen molar-refractivity contribution >= 4 is 12.0 Å². The topological polar surface area (TPSA) is 51.1 Å². The van der Waals surface area contributed by atoms with E-state index in [9.17, 15) is 4.79 Å². The molecule has 1 rings (SSSR count). The summed E-state index contributed by atoms with van der Waals surface area (Å²) in [7, 11) is 0. The molecule has 0 aromatic carbocycles. The fourth-order valence-corrected chi connectivity index (χ4v) is 1.61. The van der Waals surface area contributed by atoms with Crippen LogP contribution in [-0.4, -0.2) is 48.2 Å². The zero-order valence-corrected chi connectivity index (χ0v) is 11.3. The zero-order valence-electron chi connectivity index (χ0n) is 11.3. The third-order valence-electron chi connectivity index (χ3n) is 2.35. The summed E-state index contributed by atoms with van der Waals surface area (Å²) >= 11 is 0. The van der Waals surface area contributed by atoms with Gasteiger partial charge >= 0.3 is 6.09 Å². The largest absolute Gasteiger partial charge is 0.480 e. The summed E-state index contributed by atoms with van der Waals surface area (Å²) in [6, 6.07) is -0.154. The molecule has 0 saturated carbocycles. The molecule has 5 nitrogen and oxygen atoms in total. The molecule has 1 aliphatic heterocycles. The summed E-state index contributed by atoms with van der Waals surface area (Å²) < 4.78 is 10.8. The van der Waals surface area contributed by atoms with Crippen LogP contribution in [0.15, 0.2) is 4.99 Å². The molecule has 0 saturated heterocycles. The minimum Gasteiger partial charge on any atom is -0.480 e. The van der Waals surface area contributed by atoms with Gasteiger partial charge < -0.3 is 9.47 Å². The molecule has 1 atom stereocenters. The molecule has 1 heterocycles. The van der Waals surface area contributed by atoms with E-state index in [-0.39, 0.29) is 12.1 Å². The average Bonchev–Trinajstić information content (AvgIpc) is 2.18. The van der Waals surface area contributed by atoms with Crippen molar-refractivity contribution in [3.8, 4) is 0 Å². The van der Waals surface area contributed by atoms with Crippen molar-refractivity contribution in [3.63, 3.8) is 0 Å². The molecule has 0 spiro atoms. The lowest BCUT2D eigenvalue weighted by molar-refractivity contribution is 0.0201. The van der Waals surface area contributed by atoms with E-state index >= 15 is 0 Å². The number of aliphatic imine (C=N–C) groups is 1. The Morgan fingerprint density at radius 2 is 2.18 bits per heavy atom. The number of rotatable bonds is 1. The summed E-state index contributed by atoms with van der Waals surface area (Å²) in [6.07, 6.45) is -0.308. The van der Waals surface area contributed by atoms with Crippen LogP contribution in [0.5, 0.6) is 0 Å². The van der Waals surface area contributed by atoms with Crippen LogP contribution in [0, 0.1) is 0 Å². The van der Waals surface area contributed by atoms with Gasteiger partial charge in [-0.2, -0.15) is 0 Å². The lowest BCUT2D eigenvalue weighted by Gasteiger charge is -2.34. The second-order valence-corrected chi connectivity index (χ2v) is 5.00. The van der Waals surface area contributed by atoms with E-state index in [1.54, 1.807) is 4.90 Å². The Morgan fingerprint density at radius 3 is 2.71 bits per heavy atom. The molecule has 98 valence electrons. The van der Waals surface area contributed by atoms with E-state index in [2.05, 4.69) is 4.99 Å². The first-order valence-corrected chi connectivity index (χ1v) is 6.02. The highest BCUT2D eigenvalue weighted by Crippen LogP contribution is 2.15. The molecule has 0 radical (unpaired) electrons. The van der Waals surface area contributed by atoms with Crippen LogP contribution in [0.2, 0.25) is 0 Å². The predicted octanol–water partition coefficient (Wildman–Crippen LogP) is 2.06. The van der Waals surface area contributed by atoms with E-state index in [1.807, 2.05) is 34.6 Å². The molecule has 1 amide bonds. The maximum Gasteiger partial charge on any atom is 0.411 e. The fourth-order valence-electron chi connectivity index (χ4n) is 1.61. The molecule has 1 aliphatic rings. The van der Waals surface area contributed by atoms with E-state index in [1.165, 1.54) is 0 Å². The lowest BCUT2D eigenvalue weighted by atomic mass is 10.2. The molecule has 1 unspecified atom stereocenters. The van der Waals surface area contributed by atoms with E-state index < -0.39 is 5.60 Å². The van der Waals surface area contributed by atoms with Gasteiger partial charge in [0.15, 0.2) is 0 Å². The van der Waals surface area contributed by atoms with Gasteiger partial charge in [-0.05, 0) is 34.6 Å². The molecule has 0 fully saturated rings. The first-order valence-electron chi connectivity index (χ1n) is 6.02. The number of hydrogen-bond acceptors (Lipinski definition) is 4. The number of hydrogen-bond donors (Lipinski definition) is 0. The first-order chi connectivity index (χ1) is 7.85. The van der Waals surface area contributed by atoms with Gasteiger partial charge in [0, 0.05) is 6.54 Å². The van der Waals surface area contributed by atoms with Crippen LogP contribution < -0.4 is 0 Å². The van der Waals surface area contributed by atoms with Gasteiger partial charge in [0.05, 0.1) is 13.2 Å². The first kappa shape index (κ1) is 13.8. The number of ether oxygens (including phenoxy) is 2. The molecule has 5 heteroatoms.